The van der Waals surface area contributed by atoms with Crippen molar-refractivity contribution in [2.24, 2.45) is 23.2 Å². The fourth-order valence-corrected chi connectivity index (χ4v) is 5.90. The van der Waals surface area contributed by atoms with E-state index in [2.05, 4.69) is 10.6 Å². The molecule has 5 fully saturated rings. The van der Waals surface area contributed by atoms with Crippen LogP contribution >= 0.6 is 0 Å². The number of carbonyl (C=O) groups excluding carboxylic acids is 1. The predicted octanol–water partition coefficient (Wildman–Crippen LogP) is 2.07. The molecule has 3 heteroatoms. The van der Waals surface area contributed by atoms with Crippen LogP contribution < -0.4 is 10.6 Å². The van der Waals surface area contributed by atoms with Crippen LogP contribution in [0.4, 0.5) is 0 Å². The Hall–Kier alpha value is -0.570. The summed E-state index contributed by atoms with van der Waals surface area (Å²) < 4.78 is 0. The lowest BCUT2D eigenvalue weighted by atomic mass is 9.49. The van der Waals surface area contributed by atoms with E-state index < -0.39 is 0 Å². The first-order valence-electron chi connectivity index (χ1n) is 8.21. The molecule has 4 aliphatic carbocycles. The normalized spacial score (nSPS) is 47.6. The molecular formula is C16H26N2O. The van der Waals surface area contributed by atoms with E-state index in [9.17, 15) is 4.79 Å². The monoisotopic (exact) mass is 262 g/mol. The van der Waals surface area contributed by atoms with E-state index in [1.807, 2.05) is 0 Å². The zero-order chi connectivity index (χ0) is 12.9. The van der Waals surface area contributed by atoms with Crippen LogP contribution in [0.25, 0.3) is 0 Å². The van der Waals surface area contributed by atoms with Gasteiger partial charge in [-0.3, -0.25) is 4.79 Å². The number of rotatable bonds is 3. The molecule has 2 N–H and O–H groups in total. The van der Waals surface area contributed by atoms with Crippen molar-refractivity contribution in [2.45, 2.75) is 57.4 Å². The topological polar surface area (TPSA) is 41.1 Å². The van der Waals surface area contributed by atoms with Crippen molar-refractivity contribution in [3.05, 3.63) is 0 Å². The van der Waals surface area contributed by atoms with Gasteiger partial charge in [-0.25, -0.2) is 0 Å². The summed E-state index contributed by atoms with van der Waals surface area (Å²) in [4.78, 5) is 12.3. The van der Waals surface area contributed by atoms with Gasteiger partial charge in [0.25, 0.3) is 0 Å². The van der Waals surface area contributed by atoms with E-state index in [1.165, 1.54) is 38.5 Å². The van der Waals surface area contributed by atoms with Crippen LogP contribution in [0.3, 0.4) is 0 Å². The molecule has 0 spiro atoms. The number of hydrogen-bond donors (Lipinski definition) is 2. The highest BCUT2D eigenvalue weighted by Crippen LogP contribution is 2.61. The maximum absolute atomic E-state index is 12.3. The van der Waals surface area contributed by atoms with Crippen LogP contribution in [0.2, 0.25) is 0 Å². The van der Waals surface area contributed by atoms with Crippen LogP contribution in [0.5, 0.6) is 0 Å². The van der Waals surface area contributed by atoms with Gasteiger partial charge >= 0.3 is 0 Å². The van der Waals surface area contributed by atoms with Crippen molar-refractivity contribution in [3.63, 3.8) is 0 Å². The maximum Gasteiger partial charge on any atom is 0.220 e. The van der Waals surface area contributed by atoms with Gasteiger partial charge in [-0.2, -0.15) is 0 Å². The molecule has 106 valence electrons. The minimum Gasteiger partial charge on any atom is -0.352 e. The Morgan fingerprint density at radius 3 is 2.26 bits per heavy atom. The molecule has 0 unspecified atom stereocenters. The maximum atomic E-state index is 12.3. The van der Waals surface area contributed by atoms with Crippen molar-refractivity contribution >= 4 is 5.91 Å². The number of nitrogens with one attached hydrogen (secondary N) is 2. The summed E-state index contributed by atoms with van der Waals surface area (Å²) in [6.07, 6.45) is 10.3. The van der Waals surface area contributed by atoms with Crippen molar-refractivity contribution in [1.29, 1.82) is 0 Å². The molecular weight excluding hydrogens is 236 g/mol. The summed E-state index contributed by atoms with van der Waals surface area (Å²) in [5.41, 5.74) is 0.394. The standard InChI is InChI=1S/C16H26N2O/c19-15(18-14-1-2-17-10-14)9-16-6-11-3-12(7-16)5-13(4-11)8-16/h11-14,17H,1-10H2,(H,18,19)/t11?,12?,13?,14-,16?/m0/s1. The van der Waals surface area contributed by atoms with E-state index in [-0.39, 0.29) is 0 Å². The molecule has 4 bridgehead atoms. The van der Waals surface area contributed by atoms with E-state index >= 15 is 0 Å². The van der Waals surface area contributed by atoms with E-state index in [1.54, 1.807) is 0 Å². The second-order valence-electron chi connectivity index (χ2n) is 7.85. The largest absolute Gasteiger partial charge is 0.352 e. The lowest BCUT2D eigenvalue weighted by Gasteiger charge is -2.56. The zero-order valence-electron chi connectivity index (χ0n) is 11.8. The Bertz CT molecular complexity index is 338. The quantitative estimate of drug-likeness (QED) is 0.817. The third-order valence-electron chi connectivity index (χ3n) is 6.13. The van der Waals surface area contributed by atoms with Crippen molar-refractivity contribution < 1.29 is 4.79 Å². The van der Waals surface area contributed by atoms with Crippen molar-refractivity contribution in [2.75, 3.05) is 13.1 Å². The highest BCUT2D eigenvalue weighted by Gasteiger charge is 2.51. The SMILES string of the molecule is O=C(CC12CC3CC(CC(C3)C1)C2)N[C@H]1CCNC1. The van der Waals surface area contributed by atoms with Crippen molar-refractivity contribution in [3.8, 4) is 0 Å². The molecule has 0 aromatic rings. The van der Waals surface area contributed by atoms with Crippen LogP contribution in [0, 0.1) is 23.2 Å². The molecule has 5 rings (SSSR count). The van der Waals surface area contributed by atoms with Crippen LogP contribution in [-0.4, -0.2) is 25.0 Å². The first kappa shape index (κ1) is 12.2. The second kappa shape index (κ2) is 4.47. The smallest absolute Gasteiger partial charge is 0.220 e. The lowest BCUT2D eigenvalue weighted by molar-refractivity contribution is -0.130. The molecule has 4 saturated carbocycles. The van der Waals surface area contributed by atoms with Gasteiger partial charge in [0.15, 0.2) is 0 Å². The second-order valence-corrected chi connectivity index (χ2v) is 7.85. The Labute approximate surface area is 115 Å². The molecule has 1 saturated heterocycles. The van der Waals surface area contributed by atoms with E-state index in [4.69, 9.17) is 0 Å². The zero-order valence-corrected chi connectivity index (χ0v) is 11.8. The Morgan fingerprint density at radius 2 is 1.74 bits per heavy atom. The van der Waals surface area contributed by atoms with Crippen LogP contribution in [0.15, 0.2) is 0 Å². The predicted molar refractivity (Wildman–Crippen MR) is 74.6 cm³/mol. The molecule has 19 heavy (non-hydrogen) atoms. The molecule has 1 atom stereocenters. The Kier molecular flexibility index (Phi) is 2.87. The molecule has 0 aromatic heterocycles. The summed E-state index contributed by atoms with van der Waals surface area (Å²) in [6.45, 7) is 2.02. The summed E-state index contributed by atoms with van der Waals surface area (Å²) in [6, 6.07) is 0.390. The van der Waals surface area contributed by atoms with Gasteiger partial charge in [-0.15, -0.1) is 0 Å². The molecule has 1 heterocycles. The van der Waals surface area contributed by atoms with E-state index in [0.29, 0.717) is 17.4 Å². The first-order valence-corrected chi connectivity index (χ1v) is 8.21. The average molecular weight is 262 g/mol. The molecule has 5 aliphatic rings. The fraction of sp³-hybridized carbons (Fsp3) is 0.938. The Balaban J connectivity index is 1.40. The average Bonchev–Trinajstić information content (AvgIpc) is 2.78. The summed E-state index contributed by atoms with van der Waals surface area (Å²) in [7, 11) is 0. The molecule has 1 amide bonds. The molecule has 0 radical (unpaired) electrons. The van der Waals surface area contributed by atoms with Gasteiger partial charge in [0.1, 0.15) is 0 Å². The van der Waals surface area contributed by atoms with Gasteiger partial charge in [0.2, 0.25) is 5.91 Å². The summed E-state index contributed by atoms with van der Waals surface area (Å²) in [5.74, 6) is 3.18. The highest BCUT2D eigenvalue weighted by atomic mass is 16.1. The Morgan fingerprint density at radius 1 is 1.11 bits per heavy atom. The molecule has 1 aliphatic heterocycles. The van der Waals surface area contributed by atoms with Gasteiger partial charge in [0, 0.05) is 19.0 Å². The van der Waals surface area contributed by atoms with Gasteiger partial charge in [-0.1, -0.05) is 0 Å². The first-order chi connectivity index (χ1) is 9.21. The fourth-order valence-electron chi connectivity index (χ4n) is 5.90. The van der Waals surface area contributed by atoms with E-state index in [0.717, 1.165) is 43.7 Å². The van der Waals surface area contributed by atoms with Crippen molar-refractivity contribution in [1.82, 2.24) is 10.6 Å². The lowest BCUT2D eigenvalue weighted by Crippen LogP contribution is -2.49. The number of carbonyl (C=O) groups is 1. The van der Waals surface area contributed by atoms with Gasteiger partial charge in [0.05, 0.1) is 0 Å². The van der Waals surface area contributed by atoms with Gasteiger partial charge < -0.3 is 10.6 Å². The number of amides is 1. The third kappa shape index (κ3) is 2.31. The van der Waals surface area contributed by atoms with Crippen LogP contribution in [-0.2, 0) is 4.79 Å². The number of hydrogen-bond acceptors (Lipinski definition) is 2. The summed E-state index contributed by atoms with van der Waals surface area (Å²) >= 11 is 0. The summed E-state index contributed by atoms with van der Waals surface area (Å²) in [5, 5.41) is 6.57. The van der Waals surface area contributed by atoms with Gasteiger partial charge in [-0.05, 0) is 74.7 Å². The minimum atomic E-state index is 0.329. The molecule has 0 aromatic carbocycles. The third-order valence-corrected chi connectivity index (χ3v) is 6.13. The highest BCUT2D eigenvalue weighted by molar-refractivity contribution is 5.77. The molecule has 3 nitrogen and oxygen atoms in total. The minimum absolute atomic E-state index is 0.329. The van der Waals surface area contributed by atoms with Crippen LogP contribution in [0.1, 0.15) is 51.4 Å².